The molecule has 0 saturated carbocycles. The average molecular weight is 438 g/mol. The molecule has 1 aliphatic heterocycles. The number of fused-ring (bicyclic) bond motifs is 1. The monoisotopic (exact) mass is 437 g/mol. The Kier molecular flexibility index (Phi) is 5.11. The summed E-state index contributed by atoms with van der Waals surface area (Å²) < 4.78 is 2.09. The summed E-state index contributed by atoms with van der Waals surface area (Å²) in [5.41, 5.74) is 6.13. The van der Waals surface area contributed by atoms with Gasteiger partial charge in [0.15, 0.2) is 0 Å². The van der Waals surface area contributed by atoms with E-state index in [4.69, 9.17) is 23.2 Å². The molecule has 1 aromatic carbocycles. The van der Waals surface area contributed by atoms with Crippen LogP contribution in [0.5, 0.6) is 0 Å². The summed E-state index contributed by atoms with van der Waals surface area (Å²) in [5.74, 6) is 0. The molecule has 30 heavy (non-hydrogen) atoms. The zero-order chi connectivity index (χ0) is 20.7. The summed E-state index contributed by atoms with van der Waals surface area (Å²) in [5, 5.41) is 5.56. The van der Waals surface area contributed by atoms with E-state index in [9.17, 15) is 0 Å². The molecule has 1 aliphatic rings. The predicted octanol–water partition coefficient (Wildman–Crippen LogP) is 5.02. The number of hydrogen-bond acceptors (Lipinski definition) is 4. The minimum Gasteiger partial charge on any atom is -0.369 e. The highest BCUT2D eigenvalue weighted by molar-refractivity contribution is 6.37. The Hall–Kier alpha value is -2.60. The maximum atomic E-state index is 6.63. The fourth-order valence-electron chi connectivity index (χ4n) is 4.23. The van der Waals surface area contributed by atoms with Crippen LogP contribution >= 0.6 is 23.2 Å². The summed E-state index contributed by atoms with van der Waals surface area (Å²) >= 11 is 12.9. The van der Waals surface area contributed by atoms with Gasteiger partial charge in [-0.15, -0.1) is 0 Å². The summed E-state index contributed by atoms with van der Waals surface area (Å²) in [6.45, 7) is 4.07. The Morgan fingerprint density at radius 3 is 2.47 bits per heavy atom. The quantitative estimate of drug-likeness (QED) is 0.488. The van der Waals surface area contributed by atoms with E-state index >= 15 is 0 Å². The van der Waals surface area contributed by atoms with Crippen LogP contribution in [0.4, 0.5) is 5.69 Å². The SMILES string of the molecule is Cn1c(-c2ccc(N3CCNCC3)cc2)c(-c2cncc(Cl)c2)c2c(Cl)ccnc21. The van der Waals surface area contributed by atoms with E-state index in [2.05, 4.69) is 49.0 Å². The van der Waals surface area contributed by atoms with Crippen LogP contribution in [0.3, 0.4) is 0 Å². The molecule has 0 spiro atoms. The highest BCUT2D eigenvalue weighted by Gasteiger charge is 2.22. The van der Waals surface area contributed by atoms with Crippen LogP contribution in [0.15, 0.2) is 55.0 Å². The van der Waals surface area contributed by atoms with Gasteiger partial charge >= 0.3 is 0 Å². The lowest BCUT2D eigenvalue weighted by Gasteiger charge is -2.29. The second-order valence-corrected chi connectivity index (χ2v) is 8.29. The van der Waals surface area contributed by atoms with E-state index in [1.54, 1.807) is 12.4 Å². The molecule has 5 nitrogen and oxygen atoms in total. The Bertz CT molecular complexity index is 1210. The molecule has 3 aromatic heterocycles. The van der Waals surface area contributed by atoms with Crippen molar-refractivity contribution in [1.82, 2.24) is 19.9 Å². The number of piperazine rings is 1. The Labute approximate surface area is 185 Å². The van der Waals surface area contributed by atoms with E-state index in [1.807, 2.05) is 25.4 Å². The van der Waals surface area contributed by atoms with Gasteiger partial charge in [-0.05, 0) is 29.8 Å². The van der Waals surface area contributed by atoms with Crippen molar-refractivity contribution in [2.45, 2.75) is 0 Å². The Morgan fingerprint density at radius 2 is 1.73 bits per heavy atom. The number of rotatable bonds is 3. The minimum atomic E-state index is 0.588. The minimum absolute atomic E-state index is 0.588. The maximum absolute atomic E-state index is 6.63. The van der Waals surface area contributed by atoms with Gasteiger partial charge in [0.2, 0.25) is 0 Å². The first-order chi connectivity index (χ1) is 14.6. The number of nitrogens with zero attached hydrogens (tertiary/aromatic N) is 4. The molecular weight excluding hydrogens is 417 g/mol. The Morgan fingerprint density at radius 1 is 0.967 bits per heavy atom. The van der Waals surface area contributed by atoms with Crippen LogP contribution in [0.1, 0.15) is 0 Å². The number of halogens is 2. The van der Waals surface area contributed by atoms with E-state index < -0.39 is 0 Å². The van der Waals surface area contributed by atoms with Gasteiger partial charge < -0.3 is 14.8 Å². The molecule has 0 atom stereocenters. The molecule has 4 heterocycles. The molecule has 1 saturated heterocycles. The van der Waals surface area contributed by atoms with Gasteiger partial charge in [-0.3, -0.25) is 4.98 Å². The van der Waals surface area contributed by atoms with Crippen LogP contribution in [-0.2, 0) is 7.05 Å². The van der Waals surface area contributed by atoms with Crippen LogP contribution in [0.2, 0.25) is 10.0 Å². The van der Waals surface area contributed by atoms with Gasteiger partial charge in [-0.1, -0.05) is 35.3 Å². The second kappa shape index (κ2) is 7.91. The number of aromatic nitrogens is 3. The Balaban J connectivity index is 1.70. The third-order valence-corrected chi connectivity index (χ3v) is 6.16. The van der Waals surface area contributed by atoms with Gasteiger partial charge in [0, 0.05) is 74.0 Å². The number of nitrogens with one attached hydrogen (secondary N) is 1. The first-order valence-electron chi connectivity index (χ1n) is 9.93. The second-order valence-electron chi connectivity index (χ2n) is 7.45. The summed E-state index contributed by atoms with van der Waals surface area (Å²) in [7, 11) is 2.02. The van der Waals surface area contributed by atoms with Crippen molar-refractivity contribution < 1.29 is 0 Å². The van der Waals surface area contributed by atoms with Crippen LogP contribution < -0.4 is 10.2 Å². The topological polar surface area (TPSA) is 46.0 Å². The molecule has 0 radical (unpaired) electrons. The highest BCUT2D eigenvalue weighted by atomic mass is 35.5. The van der Waals surface area contributed by atoms with Crippen molar-refractivity contribution in [3.8, 4) is 22.4 Å². The average Bonchev–Trinajstić information content (AvgIpc) is 3.08. The molecule has 7 heteroatoms. The summed E-state index contributed by atoms with van der Waals surface area (Å²) in [4.78, 5) is 11.3. The third kappa shape index (κ3) is 3.33. The smallest absolute Gasteiger partial charge is 0.142 e. The lowest BCUT2D eigenvalue weighted by Crippen LogP contribution is -2.43. The van der Waals surface area contributed by atoms with E-state index in [0.717, 1.165) is 59.6 Å². The first kappa shape index (κ1) is 19.4. The lowest BCUT2D eigenvalue weighted by molar-refractivity contribution is 0.589. The third-order valence-electron chi connectivity index (χ3n) is 5.64. The number of hydrogen-bond donors (Lipinski definition) is 1. The van der Waals surface area contributed by atoms with E-state index in [0.29, 0.717) is 10.0 Å². The number of aryl methyl sites for hydroxylation is 1. The van der Waals surface area contributed by atoms with Gasteiger partial charge in [0.25, 0.3) is 0 Å². The zero-order valence-corrected chi connectivity index (χ0v) is 18.1. The zero-order valence-electron chi connectivity index (χ0n) is 16.6. The fourth-order valence-corrected chi connectivity index (χ4v) is 4.64. The largest absolute Gasteiger partial charge is 0.369 e. The standard InChI is InChI=1S/C23H21Cl2N5/c1-29-22(15-2-4-18(5-3-15)30-10-8-26-9-11-30)20(16-12-17(24)14-27-13-16)21-19(25)6-7-28-23(21)29/h2-7,12-14,26H,8-11H2,1H3. The van der Waals surface area contributed by atoms with Crippen LogP contribution in [-0.4, -0.2) is 40.7 Å². The molecule has 0 unspecified atom stereocenters. The van der Waals surface area contributed by atoms with Crippen molar-refractivity contribution in [2.24, 2.45) is 7.05 Å². The molecule has 1 fully saturated rings. The molecule has 0 amide bonds. The summed E-state index contributed by atoms with van der Waals surface area (Å²) in [6, 6.07) is 12.5. The van der Waals surface area contributed by atoms with Crippen LogP contribution in [0.25, 0.3) is 33.4 Å². The van der Waals surface area contributed by atoms with Crippen LogP contribution in [0, 0.1) is 0 Å². The molecule has 0 aliphatic carbocycles. The molecular formula is C23H21Cl2N5. The van der Waals surface area contributed by atoms with Gasteiger partial charge in [0.05, 0.1) is 15.7 Å². The summed E-state index contributed by atoms with van der Waals surface area (Å²) in [6.07, 6.45) is 5.20. The van der Waals surface area contributed by atoms with E-state index in [-0.39, 0.29) is 0 Å². The first-order valence-corrected chi connectivity index (χ1v) is 10.7. The highest BCUT2D eigenvalue weighted by Crippen LogP contribution is 2.43. The maximum Gasteiger partial charge on any atom is 0.142 e. The van der Waals surface area contributed by atoms with Gasteiger partial charge in [0.1, 0.15) is 5.65 Å². The molecule has 5 rings (SSSR count). The molecule has 4 aromatic rings. The van der Waals surface area contributed by atoms with Gasteiger partial charge in [-0.2, -0.15) is 0 Å². The normalized spacial score (nSPS) is 14.4. The van der Waals surface area contributed by atoms with Crippen molar-refractivity contribution in [2.75, 3.05) is 31.1 Å². The van der Waals surface area contributed by atoms with Crippen molar-refractivity contribution in [3.05, 3.63) is 65.0 Å². The molecule has 1 N–H and O–H groups in total. The number of benzene rings is 1. The molecule has 152 valence electrons. The van der Waals surface area contributed by atoms with Crippen molar-refractivity contribution >= 4 is 39.9 Å². The van der Waals surface area contributed by atoms with Gasteiger partial charge in [-0.25, -0.2) is 4.98 Å². The predicted molar refractivity (Wildman–Crippen MR) is 124 cm³/mol. The number of pyridine rings is 2. The lowest BCUT2D eigenvalue weighted by atomic mass is 9.99. The van der Waals surface area contributed by atoms with Crippen molar-refractivity contribution in [1.29, 1.82) is 0 Å². The van der Waals surface area contributed by atoms with Crippen molar-refractivity contribution in [3.63, 3.8) is 0 Å². The van der Waals surface area contributed by atoms with E-state index in [1.165, 1.54) is 5.69 Å². The fraction of sp³-hybridized carbons (Fsp3) is 0.217. The number of anilines is 1. The molecule has 0 bridgehead atoms.